The molecule has 0 aromatic carbocycles. The molecule has 0 aromatic heterocycles. The summed E-state index contributed by atoms with van der Waals surface area (Å²) in [6.45, 7) is 9.71. The van der Waals surface area contributed by atoms with E-state index in [1.165, 1.54) is 57.8 Å². The molecule has 0 N–H and O–H groups in total. The van der Waals surface area contributed by atoms with Crippen molar-refractivity contribution in [2.75, 3.05) is 0 Å². The molecule has 17 heavy (non-hydrogen) atoms. The third-order valence-corrected chi connectivity index (χ3v) is 4.97. The van der Waals surface area contributed by atoms with Gasteiger partial charge >= 0.3 is 0 Å². The van der Waals surface area contributed by atoms with Crippen LogP contribution in [-0.2, 0) is 0 Å². The fourth-order valence-electron chi connectivity index (χ4n) is 3.50. The van der Waals surface area contributed by atoms with Crippen molar-refractivity contribution in [3.05, 3.63) is 0 Å². The van der Waals surface area contributed by atoms with Gasteiger partial charge in [0, 0.05) is 0 Å². The van der Waals surface area contributed by atoms with E-state index >= 15 is 0 Å². The van der Waals surface area contributed by atoms with Gasteiger partial charge in [0.1, 0.15) is 0 Å². The topological polar surface area (TPSA) is 0 Å². The lowest BCUT2D eigenvalue weighted by Gasteiger charge is -2.23. The van der Waals surface area contributed by atoms with E-state index in [0.29, 0.717) is 0 Å². The fourth-order valence-corrected chi connectivity index (χ4v) is 3.50. The smallest absolute Gasteiger partial charge is 0.0391 e. The summed E-state index contributed by atoms with van der Waals surface area (Å²) in [6, 6.07) is 0. The van der Waals surface area contributed by atoms with Crippen LogP contribution in [0.5, 0.6) is 0 Å². The van der Waals surface area contributed by atoms with Gasteiger partial charge in [-0.15, -0.1) is 0 Å². The van der Waals surface area contributed by atoms with Crippen molar-refractivity contribution in [3.63, 3.8) is 0 Å². The van der Waals surface area contributed by atoms with Crippen LogP contribution in [0.15, 0.2) is 0 Å². The Kier molecular flexibility index (Phi) is 7.23. The second-order valence-electron chi connectivity index (χ2n) is 6.83. The summed E-state index contributed by atoms with van der Waals surface area (Å²) in [4.78, 5) is 0. The summed E-state index contributed by atoms with van der Waals surface area (Å²) in [5.41, 5.74) is 0. The molecular weight excluding hydrogens is 204 g/mol. The van der Waals surface area contributed by atoms with Crippen LogP contribution in [0.3, 0.4) is 0 Å². The summed E-state index contributed by atoms with van der Waals surface area (Å²) in [5, 5.41) is 0. The van der Waals surface area contributed by atoms with Crippen LogP contribution < -0.4 is 0 Å². The lowest BCUT2D eigenvalue weighted by Crippen LogP contribution is -2.11. The largest absolute Gasteiger partial charge is 0.0651 e. The first-order valence-corrected chi connectivity index (χ1v) is 8.13. The van der Waals surface area contributed by atoms with E-state index in [1.54, 1.807) is 0 Å². The quantitative estimate of drug-likeness (QED) is 0.549. The molecule has 1 fully saturated rings. The zero-order chi connectivity index (χ0) is 12.7. The van der Waals surface area contributed by atoms with Crippen LogP contribution in [0, 0.1) is 23.7 Å². The summed E-state index contributed by atoms with van der Waals surface area (Å²) in [5.74, 6) is 3.86. The second-order valence-corrected chi connectivity index (χ2v) is 6.83. The summed E-state index contributed by atoms with van der Waals surface area (Å²) < 4.78 is 0. The lowest BCUT2D eigenvalue weighted by molar-refractivity contribution is 0.286. The summed E-state index contributed by atoms with van der Waals surface area (Å²) in [6.07, 6.45) is 13.3. The van der Waals surface area contributed by atoms with E-state index in [1.807, 2.05) is 0 Å². The number of hydrogen-bond donors (Lipinski definition) is 0. The Labute approximate surface area is 110 Å². The average Bonchev–Trinajstić information content (AvgIpc) is 2.33. The average molecular weight is 238 g/mol. The summed E-state index contributed by atoms with van der Waals surface area (Å²) >= 11 is 0. The highest BCUT2D eigenvalue weighted by molar-refractivity contribution is 4.70. The first-order valence-electron chi connectivity index (χ1n) is 8.13. The molecule has 1 saturated carbocycles. The molecule has 1 aliphatic rings. The first-order chi connectivity index (χ1) is 8.13. The highest BCUT2D eigenvalue weighted by Crippen LogP contribution is 2.31. The molecule has 0 heteroatoms. The van der Waals surface area contributed by atoms with Crippen molar-refractivity contribution in [3.8, 4) is 0 Å². The number of hydrogen-bond acceptors (Lipinski definition) is 0. The fraction of sp³-hybridized carbons (Fsp3) is 1.00. The standard InChI is InChI=1S/C17H34/c1-5-16-9-7-6-8-10-17(14(2)3)12-11-15(4)13-16/h14-17H,5-13H2,1-4H3. The maximum atomic E-state index is 2.48. The molecule has 1 aliphatic carbocycles. The van der Waals surface area contributed by atoms with Crippen molar-refractivity contribution in [2.45, 2.75) is 85.5 Å². The highest BCUT2D eigenvalue weighted by atomic mass is 14.2. The van der Waals surface area contributed by atoms with Crippen molar-refractivity contribution in [1.82, 2.24) is 0 Å². The van der Waals surface area contributed by atoms with Crippen LogP contribution in [0.2, 0.25) is 0 Å². The van der Waals surface area contributed by atoms with E-state index in [9.17, 15) is 0 Å². The second kappa shape index (κ2) is 8.16. The normalized spacial score (nSPS) is 33.4. The molecule has 0 heterocycles. The Bertz CT molecular complexity index is 182. The van der Waals surface area contributed by atoms with Gasteiger partial charge in [0.2, 0.25) is 0 Å². The highest BCUT2D eigenvalue weighted by Gasteiger charge is 2.18. The molecule has 0 nitrogen and oxygen atoms in total. The van der Waals surface area contributed by atoms with Crippen LogP contribution in [0.1, 0.15) is 85.5 Å². The van der Waals surface area contributed by atoms with Crippen LogP contribution in [-0.4, -0.2) is 0 Å². The van der Waals surface area contributed by atoms with Gasteiger partial charge in [0.25, 0.3) is 0 Å². The van der Waals surface area contributed by atoms with Gasteiger partial charge in [0.05, 0.1) is 0 Å². The minimum Gasteiger partial charge on any atom is -0.0651 e. The Morgan fingerprint density at radius 3 is 2.29 bits per heavy atom. The molecule has 3 unspecified atom stereocenters. The van der Waals surface area contributed by atoms with Crippen LogP contribution >= 0.6 is 0 Å². The zero-order valence-electron chi connectivity index (χ0n) is 12.7. The van der Waals surface area contributed by atoms with Crippen molar-refractivity contribution >= 4 is 0 Å². The summed E-state index contributed by atoms with van der Waals surface area (Å²) in [7, 11) is 0. The van der Waals surface area contributed by atoms with Gasteiger partial charge in [-0.25, -0.2) is 0 Å². The maximum Gasteiger partial charge on any atom is -0.0391 e. The molecule has 102 valence electrons. The molecule has 0 spiro atoms. The lowest BCUT2D eigenvalue weighted by atomic mass is 9.83. The van der Waals surface area contributed by atoms with Gasteiger partial charge in [-0.2, -0.15) is 0 Å². The maximum absolute atomic E-state index is 2.48. The van der Waals surface area contributed by atoms with E-state index in [0.717, 1.165) is 23.7 Å². The Hall–Kier alpha value is 0. The molecular formula is C17H34. The molecule has 0 radical (unpaired) electrons. The van der Waals surface area contributed by atoms with Gasteiger partial charge < -0.3 is 0 Å². The molecule has 0 aliphatic heterocycles. The zero-order valence-corrected chi connectivity index (χ0v) is 12.7. The molecule has 0 amide bonds. The van der Waals surface area contributed by atoms with Gasteiger partial charge in [-0.3, -0.25) is 0 Å². The Morgan fingerprint density at radius 2 is 1.65 bits per heavy atom. The number of rotatable bonds is 2. The minimum absolute atomic E-state index is 0.893. The third-order valence-electron chi connectivity index (χ3n) is 4.97. The SMILES string of the molecule is CCC1CCCCCC(C(C)C)CCC(C)C1. The third kappa shape index (κ3) is 5.93. The van der Waals surface area contributed by atoms with Crippen molar-refractivity contribution < 1.29 is 0 Å². The minimum atomic E-state index is 0.893. The van der Waals surface area contributed by atoms with Crippen molar-refractivity contribution in [2.24, 2.45) is 23.7 Å². The van der Waals surface area contributed by atoms with E-state index < -0.39 is 0 Å². The van der Waals surface area contributed by atoms with E-state index in [4.69, 9.17) is 0 Å². The molecule has 1 rings (SSSR count). The molecule has 0 saturated heterocycles. The van der Waals surface area contributed by atoms with Crippen LogP contribution in [0.25, 0.3) is 0 Å². The van der Waals surface area contributed by atoms with Gasteiger partial charge in [-0.05, 0) is 36.5 Å². The first kappa shape index (κ1) is 15.1. The van der Waals surface area contributed by atoms with E-state index in [-0.39, 0.29) is 0 Å². The van der Waals surface area contributed by atoms with Gasteiger partial charge in [0.15, 0.2) is 0 Å². The Morgan fingerprint density at radius 1 is 0.941 bits per heavy atom. The monoisotopic (exact) mass is 238 g/mol. The van der Waals surface area contributed by atoms with E-state index in [2.05, 4.69) is 27.7 Å². The van der Waals surface area contributed by atoms with Gasteiger partial charge in [-0.1, -0.05) is 72.6 Å². The Balaban J connectivity index is 2.48. The molecule has 0 bridgehead atoms. The van der Waals surface area contributed by atoms with Crippen LogP contribution in [0.4, 0.5) is 0 Å². The predicted molar refractivity (Wildman–Crippen MR) is 78.2 cm³/mol. The predicted octanol–water partition coefficient (Wildman–Crippen LogP) is 6.06. The molecule has 3 atom stereocenters. The molecule has 0 aromatic rings. The van der Waals surface area contributed by atoms with Crippen molar-refractivity contribution in [1.29, 1.82) is 0 Å².